The number of carbonyl (C=O) groups is 1. The van der Waals surface area contributed by atoms with Crippen molar-refractivity contribution in [2.45, 2.75) is 0 Å². The van der Waals surface area contributed by atoms with E-state index in [4.69, 9.17) is 4.74 Å². The van der Waals surface area contributed by atoms with Gasteiger partial charge >= 0.3 is 0 Å². The van der Waals surface area contributed by atoms with Gasteiger partial charge < -0.3 is 10.1 Å². The molecule has 8 heteroatoms. The fraction of sp³-hybridized carbons (Fsp3) is 0. The van der Waals surface area contributed by atoms with Crippen molar-refractivity contribution in [2.75, 3.05) is 5.32 Å². The summed E-state index contributed by atoms with van der Waals surface area (Å²) in [5, 5.41) is 22.6. The Labute approximate surface area is 165 Å². The molecule has 0 fully saturated rings. The van der Waals surface area contributed by atoms with Crippen molar-refractivity contribution in [3.63, 3.8) is 0 Å². The topological polar surface area (TPSA) is 118 Å². The van der Waals surface area contributed by atoms with Crippen LogP contribution in [0.1, 0.15) is 5.56 Å². The highest BCUT2D eigenvalue weighted by Gasteiger charge is 2.10. The molecule has 0 aliphatic carbocycles. The molecule has 1 N–H and O–H groups in total. The van der Waals surface area contributed by atoms with Crippen LogP contribution in [-0.4, -0.2) is 15.8 Å². The van der Waals surface area contributed by atoms with Crippen LogP contribution >= 0.6 is 0 Å². The quantitative estimate of drug-likeness (QED) is 0.292. The Hall–Kier alpha value is -4.51. The maximum atomic E-state index is 12.2. The van der Waals surface area contributed by atoms with Crippen LogP contribution in [0.4, 0.5) is 11.4 Å². The minimum Gasteiger partial charge on any atom is -0.439 e. The Bertz CT molecular complexity index is 1090. The lowest BCUT2D eigenvalue weighted by Crippen LogP contribution is -2.13. The van der Waals surface area contributed by atoms with Crippen LogP contribution in [0.3, 0.4) is 0 Å². The number of nitrogens with zero attached hydrogens (tertiary/aromatic N) is 3. The summed E-state index contributed by atoms with van der Waals surface area (Å²) in [5.74, 6) is 0.156. The van der Waals surface area contributed by atoms with Crippen LogP contribution in [0, 0.1) is 21.4 Å². The van der Waals surface area contributed by atoms with Gasteiger partial charge in [0.1, 0.15) is 23.6 Å². The predicted molar refractivity (Wildman–Crippen MR) is 106 cm³/mol. The smallest absolute Gasteiger partial charge is 0.287 e. The summed E-state index contributed by atoms with van der Waals surface area (Å²) in [4.78, 5) is 26.2. The van der Waals surface area contributed by atoms with Gasteiger partial charge in [0.25, 0.3) is 11.6 Å². The second kappa shape index (κ2) is 8.92. The molecule has 0 saturated heterocycles. The number of nitrogens with one attached hydrogen (secondary N) is 1. The standard InChI is InChI=1S/C21H14N4O4/c22-13-16(21(26)24-17-4-2-1-3-5-17)12-15-6-9-19(10-7-15)29-20-11-8-18(14-23-20)25(27)28/h1-12,14H,(H,24,26)/b16-12-. The monoisotopic (exact) mass is 386 g/mol. The first kappa shape index (κ1) is 19.3. The lowest BCUT2D eigenvalue weighted by atomic mass is 10.1. The van der Waals surface area contributed by atoms with Gasteiger partial charge in [-0.15, -0.1) is 0 Å². The maximum Gasteiger partial charge on any atom is 0.287 e. The number of amides is 1. The molecule has 0 unspecified atom stereocenters. The van der Waals surface area contributed by atoms with E-state index >= 15 is 0 Å². The number of ether oxygens (including phenoxy) is 1. The van der Waals surface area contributed by atoms with Gasteiger partial charge in [-0.2, -0.15) is 5.26 Å². The molecule has 0 aliphatic heterocycles. The predicted octanol–water partition coefficient (Wildman–Crippen LogP) is 4.33. The van der Waals surface area contributed by atoms with E-state index in [9.17, 15) is 20.2 Å². The number of aromatic nitrogens is 1. The first-order valence-electron chi connectivity index (χ1n) is 8.42. The zero-order chi connectivity index (χ0) is 20.6. The number of nitriles is 1. The average Bonchev–Trinajstić information content (AvgIpc) is 2.74. The van der Waals surface area contributed by atoms with E-state index in [-0.39, 0.29) is 17.1 Å². The molecular weight excluding hydrogens is 372 g/mol. The van der Waals surface area contributed by atoms with Crippen molar-refractivity contribution in [3.8, 4) is 17.7 Å². The van der Waals surface area contributed by atoms with Crippen molar-refractivity contribution < 1.29 is 14.5 Å². The number of para-hydroxylation sites is 1. The lowest BCUT2D eigenvalue weighted by molar-refractivity contribution is -0.385. The fourth-order valence-corrected chi connectivity index (χ4v) is 2.33. The SMILES string of the molecule is N#C/C(=C/c1ccc(Oc2ccc([N+](=O)[O-])cn2)cc1)C(=O)Nc1ccccc1. The van der Waals surface area contributed by atoms with Crippen LogP contribution in [0.25, 0.3) is 6.08 Å². The van der Waals surface area contributed by atoms with Crippen LogP contribution in [0.15, 0.2) is 78.5 Å². The second-order valence-corrected chi connectivity index (χ2v) is 5.77. The lowest BCUT2D eigenvalue weighted by Gasteiger charge is -2.05. The number of hydrogen-bond donors (Lipinski definition) is 1. The highest BCUT2D eigenvalue weighted by Crippen LogP contribution is 2.22. The van der Waals surface area contributed by atoms with Gasteiger partial charge in [0.2, 0.25) is 5.88 Å². The van der Waals surface area contributed by atoms with E-state index in [2.05, 4.69) is 10.3 Å². The summed E-state index contributed by atoms with van der Waals surface area (Å²) in [6.07, 6.45) is 2.57. The van der Waals surface area contributed by atoms with Gasteiger partial charge in [-0.05, 0) is 35.9 Å². The number of carbonyl (C=O) groups excluding carboxylic acids is 1. The third kappa shape index (κ3) is 5.24. The number of anilines is 1. The number of rotatable bonds is 6. The molecule has 29 heavy (non-hydrogen) atoms. The Kier molecular flexibility index (Phi) is 5.93. The summed E-state index contributed by atoms with van der Waals surface area (Å²) in [6.45, 7) is 0. The van der Waals surface area contributed by atoms with Gasteiger partial charge in [-0.3, -0.25) is 14.9 Å². The Morgan fingerprint density at radius 3 is 2.41 bits per heavy atom. The first-order chi connectivity index (χ1) is 14.0. The Balaban J connectivity index is 1.68. The third-order valence-electron chi connectivity index (χ3n) is 3.74. The highest BCUT2D eigenvalue weighted by molar-refractivity contribution is 6.09. The molecule has 0 spiro atoms. The molecule has 0 aliphatic rings. The van der Waals surface area contributed by atoms with E-state index < -0.39 is 10.8 Å². The maximum absolute atomic E-state index is 12.2. The zero-order valence-corrected chi connectivity index (χ0v) is 15.0. The second-order valence-electron chi connectivity index (χ2n) is 5.77. The number of hydrogen-bond acceptors (Lipinski definition) is 6. The third-order valence-corrected chi connectivity index (χ3v) is 3.74. The molecular formula is C21H14N4O4. The molecule has 3 rings (SSSR count). The molecule has 2 aromatic carbocycles. The first-order valence-corrected chi connectivity index (χ1v) is 8.42. The Morgan fingerprint density at radius 1 is 1.10 bits per heavy atom. The van der Waals surface area contributed by atoms with Crippen molar-refractivity contribution in [1.29, 1.82) is 5.26 Å². The van der Waals surface area contributed by atoms with E-state index in [1.807, 2.05) is 12.1 Å². The summed E-state index contributed by atoms with van der Waals surface area (Å²) < 4.78 is 5.53. The van der Waals surface area contributed by atoms with Crippen LogP contribution in [0.2, 0.25) is 0 Å². The number of nitro groups is 1. The van der Waals surface area contributed by atoms with Gasteiger partial charge in [0.15, 0.2) is 0 Å². The van der Waals surface area contributed by atoms with Gasteiger partial charge in [0.05, 0.1) is 4.92 Å². The minimum atomic E-state index is -0.543. The van der Waals surface area contributed by atoms with Crippen LogP contribution < -0.4 is 10.1 Å². The zero-order valence-electron chi connectivity index (χ0n) is 15.0. The van der Waals surface area contributed by atoms with E-state index in [0.29, 0.717) is 17.0 Å². The van der Waals surface area contributed by atoms with E-state index in [1.54, 1.807) is 48.5 Å². The summed E-state index contributed by atoms with van der Waals surface area (Å²) in [6, 6.07) is 20.1. The van der Waals surface area contributed by atoms with Crippen molar-refractivity contribution >= 4 is 23.4 Å². The molecule has 0 bridgehead atoms. The van der Waals surface area contributed by atoms with Crippen LogP contribution in [0.5, 0.6) is 11.6 Å². The Morgan fingerprint density at radius 2 is 1.83 bits per heavy atom. The van der Waals surface area contributed by atoms with Crippen molar-refractivity contribution in [3.05, 3.63) is 94.2 Å². The number of benzene rings is 2. The molecule has 1 amide bonds. The molecule has 0 radical (unpaired) electrons. The molecule has 142 valence electrons. The molecule has 3 aromatic rings. The largest absolute Gasteiger partial charge is 0.439 e. The number of pyridine rings is 1. The molecule has 1 heterocycles. The summed E-state index contributed by atoms with van der Waals surface area (Å²) in [5.41, 5.74) is 1.06. The van der Waals surface area contributed by atoms with E-state index in [1.165, 1.54) is 18.2 Å². The normalized spacial score (nSPS) is 10.7. The van der Waals surface area contributed by atoms with E-state index in [0.717, 1.165) is 6.20 Å². The fourth-order valence-electron chi connectivity index (χ4n) is 2.33. The van der Waals surface area contributed by atoms with Gasteiger partial charge in [-0.25, -0.2) is 4.98 Å². The van der Waals surface area contributed by atoms with Crippen molar-refractivity contribution in [2.24, 2.45) is 0 Å². The van der Waals surface area contributed by atoms with Crippen LogP contribution in [-0.2, 0) is 4.79 Å². The average molecular weight is 386 g/mol. The van der Waals surface area contributed by atoms with Crippen molar-refractivity contribution in [1.82, 2.24) is 4.98 Å². The molecule has 0 saturated carbocycles. The molecule has 8 nitrogen and oxygen atoms in total. The molecule has 1 aromatic heterocycles. The summed E-state index contributed by atoms with van der Waals surface area (Å²) >= 11 is 0. The van der Waals surface area contributed by atoms with Gasteiger partial charge in [-0.1, -0.05) is 30.3 Å². The minimum absolute atomic E-state index is 0.0421. The molecule has 0 atom stereocenters. The van der Waals surface area contributed by atoms with Gasteiger partial charge in [0, 0.05) is 17.8 Å². The summed E-state index contributed by atoms with van der Waals surface area (Å²) in [7, 11) is 0. The highest BCUT2D eigenvalue weighted by atomic mass is 16.6.